The number of carboxylic acids is 1. The Bertz CT molecular complexity index is 1270. The fraction of sp³-hybridized carbons (Fsp3) is 0.310. The summed E-state index contributed by atoms with van der Waals surface area (Å²) < 4.78 is 19.9. The van der Waals surface area contributed by atoms with Crippen LogP contribution in [0, 0.1) is 5.82 Å². The molecule has 4 rings (SSSR count). The van der Waals surface area contributed by atoms with E-state index < -0.39 is 24.6 Å². The van der Waals surface area contributed by atoms with Crippen LogP contribution in [0.4, 0.5) is 4.39 Å². The number of hydrogen-bond donors (Lipinski definition) is 3. The number of aliphatic hydroxyl groups excluding tert-OH is 2. The summed E-state index contributed by atoms with van der Waals surface area (Å²) >= 11 is 0. The van der Waals surface area contributed by atoms with Crippen molar-refractivity contribution in [3.63, 3.8) is 0 Å². The summed E-state index contributed by atoms with van der Waals surface area (Å²) in [5.74, 6) is -0.678. The second-order valence-electron chi connectivity index (χ2n) is 9.28. The highest BCUT2D eigenvalue weighted by Gasteiger charge is 2.25. The Kier molecular flexibility index (Phi) is 7.82. The molecule has 3 N–H and O–H groups in total. The molecule has 2 unspecified atom stereocenters. The van der Waals surface area contributed by atoms with Gasteiger partial charge >= 0.3 is 5.97 Å². The van der Waals surface area contributed by atoms with Crippen LogP contribution < -0.4 is 4.74 Å². The molecule has 1 aliphatic rings. The fourth-order valence-corrected chi connectivity index (χ4v) is 4.58. The Balaban J connectivity index is 1.90. The van der Waals surface area contributed by atoms with E-state index in [1.54, 1.807) is 24.3 Å². The number of hydrogen-bond acceptors (Lipinski definition) is 5. The molecule has 0 aliphatic carbocycles. The summed E-state index contributed by atoms with van der Waals surface area (Å²) in [5.41, 5.74) is 5.98. The quantitative estimate of drug-likeness (QED) is 0.400. The number of halogens is 1. The molecule has 36 heavy (non-hydrogen) atoms. The topological polar surface area (TPSA) is 99.9 Å². The zero-order valence-corrected chi connectivity index (χ0v) is 20.3. The molecule has 2 aromatic carbocycles. The maximum atomic E-state index is 13.8. The zero-order valence-electron chi connectivity index (χ0n) is 20.3. The van der Waals surface area contributed by atoms with Crippen LogP contribution in [-0.4, -0.2) is 45.1 Å². The van der Waals surface area contributed by atoms with E-state index in [2.05, 4.69) is 0 Å². The number of carbonyl (C=O) groups is 1. The molecule has 0 spiro atoms. The van der Waals surface area contributed by atoms with Crippen molar-refractivity contribution in [1.29, 1.82) is 0 Å². The molecule has 188 valence electrons. The van der Waals surface area contributed by atoms with Gasteiger partial charge in [0.2, 0.25) is 0 Å². The zero-order chi connectivity index (χ0) is 25.8. The van der Waals surface area contributed by atoms with Gasteiger partial charge in [-0.15, -0.1) is 0 Å². The van der Waals surface area contributed by atoms with Crippen LogP contribution in [0.1, 0.15) is 49.4 Å². The summed E-state index contributed by atoms with van der Waals surface area (Å²) in [6.07, 6.45) is 1.15. The van der Waals surface area contributed by atoms with Crippen molar-refractivity contribution < 1.29 is 29.2 Å². The first-order valence-electron chi connectivity index (χ1n) is 12.1. The second kappa shape index (κ2) is 11.0. The summed E-state index contributed by atoms with van der Waals surface area (Å²) in [7, 11) is 0. The second-order valence-corrected chi connectivity index (χ2v) is 9.28. The summed E-state index contributed by atoms with van der Waals surface area (Å²) in [4.78, 5) is 15.9. The van der Waals surface area contributed by atoms with Gasteiger partial charge in [0.05, 0.1) is 36.6 Å². The molecular formula is C29H30FNO5. The minimum Gasteiger partial charge on any atom is -0.493 e. The van der Waals surface area contributed by atoms with Crippen LogP contribution in [0.25, 0.3) is 28.5 Å². The van der Waals surface area contributed by atoms with Crippen LogP contribution in [0.3, 0.4) is 0 Å². The van der Waals surface area contributed by atoms with Crippen molar-refractivity contribution in [1.82, 2.24) is 4.98 Å². The molecule has 0 saturated carbocycles. The lowest BCUT2D eigenvalue weighted by Gasteiger charge is -2.21. The largest absolute Gasteiger partial charge is 0.493 e. The van der Waals surface area contributed by atoms with Gasteiger partial charge in [-0.3, -0.25) is 9.78 Å². The number of fused-ring (bicyclic) bond motifs is 3. The van der Waals surface area contributed by atoms with E-state index in [4.69, 9.17) is 14.8 Å². The first-order valence-corrected chi connectivity index (χ1v) is 12.1. The van der Waals surface area contributed by atoms with Crippen molar-refractivity contribution in [2.24, 2.45) is 0 Å². The lowest BCUT2D eigenvalue weighted by atomic mass is 9.86. The number of nitrogens with zero attached hydrogens (tertiary/aromatic N) is 1. The molecule has 0 bridgehead atoms. The van der Waals surface area contributed by atoms with E-state index in [-0.39, 0.29) is 18.2 Å². The van der Waals surface area contributed by atoms with E-state index >= 15 is 0 Å². The standard InChI is InChI=1S/C29H30FNO5/c1-17(2)28-23(12-11-20(32)15-21(33)16-26(34)35)27(18-7-9-19(30)10-8-18)24-13-14-36-25-6-4-3-5-22(25)29(24)31-28/h3-12,17,20-21,32-33H,13-16H2,1-2H3,(H,34,35)/b12-11+. The Morgan fingerprint density at radius 1 is 1.14 bits per heavy atom. The molecule has 7 heteroatoms. The first kappa shape index (κ1) is 25.5. The average molecular weight is 492 g/mol. The number of aliphatic hydroxyl groups is 2. The molecule has 0 fully saturated rings. The Morgan fingerprint density at radius 3 is 2.56 bits per heavy atom. The smallest absolute Gasteiger partial charge is 0.305 e. The highest BCUT2D eigenvalue weighted by Crippen LogP contribution is 2.42. The van der Waals surface area contributed by atoms with E-state index in [0.29, 0.717) is 13.0 Å². The number of rotatable bonds is 8. The van der Waals surface area contributed by atoms with Crippen LogP contribution >= 0.6 is 0 Å². The van der Waals surface area contributed by atoms with Crippen LogP contribution in [0.2, 0.25) is 0 Å². The van der Waals surface area contributed by atoms with Crippen molar-refractivity contribution in [2.45, 2.75) is 51.2 Å². The van der Waals surface area contributed by atoms with Crippen LogP contribution in [-0.2, 0) is 11.2 Å². The third kappa shape index (κ3) is 5.64. The number of para-hydroxylation sites is 1. The molecule has 0 saturated heterocycles. The van der Waals surface area contributed by atoms with Crippen molar-refractivity contribution in [3.05, 3.63) is 77.2 Å². The van der Waals surface area contributed by atoms with Gasteiger partial charge in [-0.25, -0.2) is 4.39 Å². The van der Waals surface area contributed by atoms with Crippen LogP contribution in [0.5, 0.6) is 5.75 Å². The number of ether oxygens (including phenoxy) is 1. The third-order valence-electron chi connectivity index (χ3n) is 6.21. The predicted molar refractivity (Wildman–Crippen MR) is 136 cm³/mol. The predicted octanol–water partition coefficient (Wildman–Crippen LogP) is 5.21. The number of aliphatic carboxylic acids is 1. The Hall–Kier alpha value is -3.55. The van der Waals surface area contributed by atoms with E-state index in [0.717, 1.165) is 45.0 Å². The maximum Gasteiger partial charge on any atom is 0.305 e. The van der Waals surface area contributed by atoms with Crippen molar-refractivity contribution >= 4 is 12.0 Å². The average Bonchev–Trinajstić information content (AvgIpc) is 3.01. The summed E-state index contributed by atoms with van der Waals surface area (Å²) in [5, 5.41) is 29.3. The van der Waals surface area contributed by atoms with Crippen molar-refractivity contribution in [2.75, 3.05) is 6.61 Å². The summed E-state index contributed by atoms with van der Waals surface area (Å²) in [6, 6.07) is 14.1. The van der Waals surface area contributed by atoms with Gasteiger partial charge < -0.3 is 20.1 Å². The number of aromatic nitrogens is 1. The minimum absolute atomic E-state index is 0.0280. The highest BCUT2D eigenvalue weighted by atomic mass is 19.1. The molecule has 1 aliphatic heterocycles. The minimum atomic E-state index is -1.16. The van der Waals surface area contributed by atoms with Crippen LogP contribution in [0.15, 0.2) is 54.6 Å². The number of benzene rings is 2. The number of carboxylic acid groups (broad SMARTS) is 1. The van der Waals surface area contributed by atoms with Gasteiger partial charge in [-0.2, -0.15) is 0 Å². The first-order chi connectivity index (χ1) is 17.2. The molecule has 2 heterocycles. The molecule has 0 amide bonds. The third-order valence-corrected chi connectivity index (χ3v) is 6.21. The highest BCUT2D eigenvalue weighted by molar-refractivity contribution is 5.86. The fourth-order valence-electron chi connectivity index (χ4n) is 4.58. The van der Waals surface area contributed by atoms with Gasteiger partial charge in [0.25, 0.3) is 0 Å². The van der Waals surface area contributed by atoms with Gasteiger partial charge in [-0.1, -0.05) is 50.3 Å². The van der Waals surface area contributed by atoms with E-state index in [1.165, 1.54) is 12.1 Å². The summed E-state index contributed by atoms with van der Waals surface area (Å²) in [6.45, 7) is 4.52. The normalized spacial score (nSPS) is 14.6. The van der Waals surface area contributed by atoms with Gasteiger partial charge in [-0.05, 0) is 46.9 Å². The molecule has 1 aromatic heterocycles. The van der Waals surface area contributed by atoms with Gasteiger partial charge in [0.1, 0.15) is 11.6 Å². The Labute approximate surface area is 209 Å². The molecular weight excluding hydrogens is 461 g/mol. The van der Waals surface area contributed by atoms with Gasteiger partial charge in [0.15, 0.2) is 0 Å². The Morgan fingerprint density at radius 2 is 1.86 bits per heavy atom. The number of pyridine rings is 1. The SMILES string of the molecule is CC(C)c1nc2c(c(-c3ccc(F)cc3)c1/C=C/C(O)CC(O)CC(=O)O)CCOc1ccccc1-2. The van der Waals surface area contributed by atoms with Gasteiger partial charge in [0, 0.05) is 24.0 Å². The van der Waals surface area contributed by atoms with E-state index in [9.17, 15) is 19.4 Å². The maximum absolute atomic E-state index is 13.8. The van der Waals surface area contributed by atoms with E-state index in [1.807, 2.05) is 38.1 Å². The lowest BCUT2D eigenvalue weighted by Crippen LogP contribution is -2.19. The monoisotopic (exact) mass is 491 g/mol. The van der Waals surface area contributed by atoms with Crippen molar-refractivity contribution in [3.8, 4) is 28.1 Å². The molecule has 6 nitrogen and oxygen atoms in total. The molecule has 0 radical (unpaired) electrons. The lowest BCUT2D eigenvalue weighted by molar-refractivity contribution is -0.139. The molecule has 3 aromatic rings. The molecule has 2 atom stereocenters.